The summed E-state index contributed by atoms with van der Waals surface area (Å²) < 4.78 is 5.38. The van der Waals surface area contributed by atoms with Gasteiger partial charge in [0.25, 0.3) is 0 Å². The number of hydrogen-bond donors (Lipinski definition) is 1. The average Bonchev–Trinajstić information content (AvgIpc) is 3.18. The molecule has 1 aliphatic carbocycles. The van der Waals surface area contributed by atoms with E-state index in [0.29, 0.717) is 13.0 Å². The molecule has 1 saturated carbocycles. The number of benzene rings is 1. The molecule has 0 radical (unpaired) electrons. The second-order valence-electron chi connectivity index (χ2n) is 6.50. The highest BCUT2D eigenvalue weighted by atomic mass is 16.6. The lowest BCUT2D eigenvalue weighted by Gasteiger charge is -2.42. The molecule has 2 fully saturated rings. The van der Waals surface area contributed by atoms with Gasteiger partial charge in [-0.2, -0.15) is 0 Å². The molecule has 4 heteroatoms. The van der Waals surface area contributed by atoms with Crippen molar-refractivity contribution in [3.8, 4) is 0 Å². The summed E-state index contributed by atoms with van der Waals surface area (Å²) in [7, 11) is 0. The van der Waals surface area contributed by atoms with Gasteiger partial charge < -0.3 is 9.84 Å². The van der Waals surface area contributed by atoms with Crippen LogP contribution in [-0.4, -0.2) is 34.5 Å². The number of Topliss-reactive ketones (excluding diaryl/α,β-unsaturated/α-hetero) is 2. The Morgan fingerprint density at radius 1 is 1.33 bits per heavy atom. The highest BCUT2D eigenvalue weighted by Crippen LogP contribution is 2.51. The Morgan fingerprint density at radius 3 is 2.48 bits per heavy atom. The molecule has 0 spiro atoms. The van der Waals surface area contributed by atoms with Crippen LogP contribution in [0.5, 0.6) is 0 Å². The van der Waals surface area contributed by atoms with Gasteiger partial charge in [0.05, 0.1) is 12.5 Å². The van der Waals surface area contributed by atoms with E-state index >= 15 is 0 Å². The second kappa shape index (κ2) is 4.75. The third kappa shape index (κ3) is 2.32. The molecule has 0 bridgehead atoms. The first kappa shape index (κ1) is 14.4. The normalized spacial score (nSPS) is 39.1. The van der Waals surface area contributed by atoms with Crippen molar-refractivity contribution in [2.45, 2.75) is 43.8 Å². The lowest BCUT2D eigenvalue weighted by atomic mass is 9.63. The molecular weight excluding hydrogens is 268 g/mol. The Bertz CT molecular complexity index is 576. The van der Waals surface area contributed by atoms with Crippen molar-refractivity contribution in [1.82, 2.24) is 0 Å². The zero-order valence-electron chi connectivity index (χ0n) is 12.3. The second-order valence-corrected chi connectivity index (χ2v) is 6.50. The van der Waals surface area contributed by atoms with E-state index in [1.165, 1.54) is 6.92 Å². The lowest BCUT2D eigenvalue weighted by Crippen LogP contribution is -2.53. The number of carbonyl (C=O) groups is 2. The van der Waals surface area contributed by atoms with Crippen molar-refractivity contribution in [2.75, 3.05) is 6.61 Å². The van der Waals surface area contributed by atoms with Gasteiger partial charge in [-0.1, -0.05) is 30.3 Å². The van der Waals surface area contributed by atoms with Gasteiger partial charge in [0.1, 0.15) is 22.8 Å². The van der Waals surface area contributed by atoms with E-state index in [1.807, 2.05) is 37.3 Å². The van der Waals surface area contributed by atoms with E-state index in [2.05, 4.69) is 0 Å². The molecule has 2 aliphatic rings. The largest absolute Gasteiger partial charge is 0.386 e. The summed E-state index contributed by atoms with van der Waals surface area (Å²) in [5.41, 5.74) is -0.915. The molecular formula is C17H20O4. The van der Waals surface area contributed by atoms with Crippen LogP contribution in [0.15, 0.2) is 30.3 Å². The van der Waals surface area contributed by atoms with Gasteiger partial charge in [0.15, 0.2) is 0 Å². The van der Waals surface area contributed by atoms with Crippen LogP contribution in [0.2, 0.25) is 0 Å². The Balaban J connectivity index is 1.99. The highest BCUT2D eigenvalue weighted by molar-refractivity contribution is 6.03. The maximum absolute atomic E-state index is 12.5. The third-order valence-electron chi connectivity index (χ3n) is 5.00. The van der Waals surface area contributed by atoms with Gasteiger partial charge in [-0.15, -0.1) is 0 Å². The fourth-order valence-electron chi connectivity index (χ4n) is 3.48. The Hall–Kier alpha value is -1.52. The van der Waals surface area contributed by atoms with Crippen LogP contribution in [0, 0.1) is 5.92 Å². The minimum Gasteiger partial charge on any atom is -0.386 e. The summed E-state index contributed by atoms with van der Waals surface area (Å²) in [5.74, 6) is -1.24. The molecule has 1 N–H and O–H groups in total. The fourth-order valence-corrected chi connectivity index (χ4v) is 3.48. The van der Waals surface area contributed by atoms with Crippen LogP contribution in [-0.2, 0) is 14.3 Å². The van der Waals surface area contributed by atoms with Crippen LogP contribution in [0.4, 0.5) is 0 Å². The zero-order chi connectivity index (χ0) is 15.3. The maximum atomic E-state index is 12.5. The zero-order valence-corrected chi connectivity index (χ0v) is 12.3. The van der Waals surface area contributed by atoms with Gasteiger partial charge in [-0.3, -0.25) is 9.59 Å². The first-order valence-electron chi connectivity index (χ1n) is 7.31. The molecule has 4 unspecified atom stereocenters. The van der Waals surface area contributed by atoms with Crippen molar-refractivity contribution in [2.24, 2.45) is 5.92 Å². The van der Waals surface area contributed by atoms with Gasteiger partial charge in [-0.25, -0.2) is 0 Å². The molecule has 1 saturated heterocycles. The molecule has 1 aromatic carbocycles. The molecule has 21 heavy (non-hydrogen) atoms. The van der Waals surface area contributed by atoms with Gasteiger partial charge in [0.2, 0.25) is 0 Å². The van der Waals surface area contributed by atoms with Crippen LogP contribution >= 0.6 is 0 Å². The number of epoxide rings is 1. The summed E-state index contributed by atoms with van der Waals surface area (Å²) in [6.45, 7) is 3.75. The number of rotatable bonds is 3. The molecule has 1 aliphatic heterocycles. The highest BCUT2D eigenvalue weighted by Gasteiger charge is 2.62. The predicted molar refractivity (Wildman–Crippen MR) is 76.9 cm³/mol. The summed E-state index contributed by atoms with van der Waals surface area (Å²) in [6, 6.07) is 9.50. The molecule has 1 aromatic rings. The Morgan fingerprint density at radius 2 is 1.95 bits per heavy atom. The molecule has 4 atom stereocenters. The fraction of sp³-hybridized carbons (Fsp3) is 0.529. The molecule has 3 rings (SSSR count). The lowest BCUT2D eigenvalue weighted by molar-refractivity contribution is -0.146. The maximum Gasteiger partial charge on any atom is 0.146 e. The topological polar surface area (TPSA) is 66.9 Å². The van der Waals surface area contributed by atoms with Crippen molar-refractivity contribution >= 4 is 11.6 Å². The Kier molecular flexibility index (Phi) is 3.26. The van der Waals surface area contributed by atoms with Crippen molar-refractivity contribution < 1.29 is 19.4 Å². The van der Waals surface area contributed by atoms with Crippen molar-refractivity contribution in [3.05, 3.63) is 35.9 Å². The minimum atomic E-state index is -1.18. The Labute approximate surface area is 124 Å². The number of aliphatic hydroxyl groups is 1. The van der Waals surface area contributed by atoms with E-state index in [-0.39, 0.29) is 23.9 Å². The summed E-state index contributed by atoms with van der Waals surface area (Å²) in [5, 5.41) is 10.9. The molecule has 0 aromatic heterocycles. The molecule has 0 amide bonds. The van der Waals surface area contributed by atoms with Crippen LogP contribution in [0.3, 0.4) is 0 Å². The number of carbonyl (C=O) groups excluding carboxylic acids is 2. The van der Waals surface area contributed by atoms with Crippen LogP contribution < -0.4 is 0 Å². The molecule has 1 heterocycles. The van der Waals surface area contributed by atoms with Crippen molar-refractivity contribution in [1.29, 1.82) is 0 Å². The van der Waals surface area contributed by atoms with E-state index in [9.17, 15) is 14.7 Å². The number of ketones is 2. The number of hydrogen-bond acceptors (Lipinski definition) is 4. The quantitative estimate of drug-likeness (QED) is 0.681. The summed E-state index contributed by atoms with van der Waals surface area (Å²) in [4.78, 5) is 24.4. The molecule has 4 nitrogen and oxygen atoms in total. The standard InChI is InChI=1S/C17H20O4/c1-11(18)15-13(12-6-4-3-5-7-12)8-17(20,9-14(15)19)16(2)10-21-16/h3-7,13,15,20H,8-10H2,1-2H3. The monoisotopic (exact) mass is 288 g/mol. The SMILES string of the molecule is CC(=O)C1C(=O)CC(O)(C2(C)CO2)CC1c1ccccc1. The van der Waals surface area contributed by atoms with Crippen LogP contribution in [0.25, 0.3) is 0 Å². The smallest absolute Gasteiger partial charge is 0.146 e. The summed E-state index contributed by atoms with van der Waals surface area (Å²) >= 11 is 0. The number of ether oxygens (including phenoxy) is 1. The first-order chi connectivity index (χ1) is 9.86. The van der Waals surface area contributed by atoms with Gasteiger partial charge in [0, 0.05) is 12.3 Å². The third-order valence-corrected chi connectivity index (χ3v) is 5.00. The average molecular weight is 288 g/mol. The van der Waals surface area contributed by atoms with Gasteiger partial charge >= 0.3 is 0 Å². The predicted octanol–water partition coefficient (Wildman–Crippen LogP) is 1.86. The van der Waals surface area contributed by atoms with E-state index in [0.717, 1.165) is 5.56 Å². The van der Waals surface area contributed by atoms with Gasteiger partial charge in [-0.05, 0) is 25.8 Å². The first-order valence-corrected chi connectivity index (χ1v) is 7.31. The van der Waals surface area contributed by atoms with Crippen molar-refractivity contribution in [3.63, 3.8) is 0 Å². The van der Waals surface area contributed by atoms with E-state index < -0.39 is 17.1 Å². The molecule has 112 valence electrons. The summed E-state index contributed by atoms with van der Waals surface area (Å²) in [6.07, 6.45) is 0.376. The van der Waals surface area contributed by atoms with E-state index in [4.69, 9.17) is 4.74 Å². The van der Waals surface area contributed by atoms with E-state index in [1.54, 1.807) is 0 Å². The van der Waals surface area contributed by atoms with Crippen LogP contribution in [0.1, 0.15) is 38.2 Å². The minimum absolute atomic E-state index is 0.00290.